The normalized spacial score (nSPS) is 18.5. The van der Waals surface area contributed by atoms with E-state index in [1.165, 1.54) is 12.0 Å². The van der Waals surface area contributed by atoms with E-state index in [1.54, 1.807) is 41.5 Å². The molecule has 37 heavy (non-hydrogen) atoms. The van der Waals surface area contributed by atoms with Crippen molar-refractivity contribution in [3.8, 4) is 0 Å². The van der Waals surface area contributed by atoms with Crippen LogP contribution in [-0.4, -0.2) is 65.5 Å². The van der Waals surface area contributed by atoms with Crippen LogP contribution in [0, 0.1) is 0 Å². The first kappa shape index (κ1) is 29.9. The summed E-state index contributed by atoms with van der Waals surface area (Å²) >= 11 is 0. The van der Waals surface area contributed by atoms with Crippen molar-refractivity contribution in [3.05, 3.63) is 35.9 Å². The lowest BCUT2D eigenvalue weighted by atomic mass is 10.0. The monoisotopic (exact) mass is 520 g/mol. The van der Waals surface area contributed by atoms with Gasteiger partial charge >= 0.3 is 24.1 Å². The van der Waals surface area contributed by atoms with E-state index in [4.69, 9.17) is 18.9 Å². The zero-order valence-electron chi connectivity index (χ0n) is 22.9. The van der Waals surface area contributed by atoms with E-state index in [0.717, 1.165) is 5.56 Å². The zero-order chi connectivity index (χ0) is 27.8. The van der Waals surface area contributed by atoms with Gasteiger partial charge in [-0.3, -0.25) is 4.90 Å². The van der Waals surface area contributed by atoms with E-state index < -0.39 is 53.5 Å². The van der Waals surface area contributed by atoms with E-state index in [0.29, 0.717) is 19.3 Å². The van der Waals surface area contributed by atoms with Gasteiger partial charge in [0.25, 0.3) is 0 Å². The first-order valence-electron chi connectivity index (χ1n) is 12.5. The number of carbonyl (C=O) groups is 4. The minimum atomic E-state index is -0.991. The van der Waals surface area contributed by atoms with Crippen molar-refractivity contribution >= 4 is 24.1 Å². The Bertz CT molecular complexity index is 936. The SMILES string of the molecule is COC(=O)[C@@H](CC[C@@H]1CC[C@@H](C(=O)OC(C)(C)C)N1C(=O)OC(C)(C)C)NC(=O)OCc1ccccc1. The molecule has 1 heterocycles. The van der Waals surface area contributed by atoms with Crippen LogP contribution in [0.25, 0.3) is 0 Å². The zero-order valence-corrected chi connectivity index (χ0v) is 22.9. The number of nitrogens with zero attached hydrogens (tertiary/aromatic N) is 1. The van der Waals surface area contributed by atoms with E-state index in [-0.39, 0.29) is 13.0 Å². The number of benzene rings is 1. The molecule has 1 fully saturated rings. The van der Waals surface area contributed by atoms with Crippen molar-refractivity contribution in [3.63, 3.8) is 0 Å². The lowest BCUT2D eigenvalue weighted by Gasteiger charge is -2.33. The third-order valence-corrected chi connectivity index (χ3v) is 5.56. The van der Waals surface area contributed by atoms with Crippen LogP contribution in [0.5, 0.6) is 0 Å². The van der Waals surface area contributed by atoms with E-state index in [1.807, 2.05) is 30.3 Å². The topological polar surface area (TPSA) is 120 Å². The maximum absolute atomic E-state index is 13.1. The number of carbonyl (C=O) groups excluding carboxylic acids is 4. The summed E-state index contributed by atoms with van der Waals surface area (Å²) in [5.74, 6) is -1.14. The summed E-state index contributed by atoms with van der Waals surface area (Å²) in [6, 6.07) is 6.95. The van der Waals surface area contributed by atoms with Gasteiger partial charge in [-0.1, -0.05) is 30.3 Å². The van der Waals surface area contributed by atoms with Crippen molar-refractivity contribution in [2.75, 3.05) is 7.11 Å². The van der Waals surface area contributed by atoms with Gasteiger partial charge in [0.1, 0.15) is 29.9 Å². The Morgan fingerprint density at radius 2 is 1.59 bits per heavy atom. The molecule has 206 valence electrons. The summed E-state index contributed by atoms with van der Waals surface area (Å²) in [5.41, 5.74) is -0.671. The predicted octanol–water partition coefficient (Wildman–Crippen LogP) is 4.34. The summed E-state index contributed by atoms with van der Waals surface area (Å²) in [4.78, 5) is 52.1. The van der Waals surface area contributed by atoms with Crippen LogP contribution in [0.1, 0.15) is 72.8 Å². The molecule has 1 aliphatic rings. The highest BCUT2D eigenvalue weighted by Gasteiger charge is 2.44. The van der Waals surface area contributed by atoms with Crippen molar-refractivity contribution in [1.29, 1.82) is 0 Å². The molecule has 1 aromatic carbocycles. The van der Waals surface area contributed by atoms with Crippen molar-refractivity contribution < 1.29 is 38.1 Å². The molecule has 2 amide bonds. The van der Waals surface area contributed by atoms with Gasteiger partial charge in [0, 0.05) is 6.04 Å². The minimum absolute atomic E-state index is 0.0488. The first-order valence-corrected chi connectivity index (χ1v) is 12.5. The number of amides is 2. The van der Waals surface area contributed by atoms with Crippen LogP contribution in [0.3, 0.4) is 0 Å². The Morgan fingerprint density at radius 1 is 0.973 bits per heavy atom. The second-order valence-corrected chi connectivity index (χ2v) is 11.0. The van der Waals surface area contributed by atoms with Crippen molar-refractivity contribution in [2.24, 2.45) is 0 Å². The lowest BCUT2D eigenvalue weighted by Crippen LogP contribution is -2.49. The van der Waals surface area contributed by atoms with Crippen LogP contribution in [0.15, 0.2) is 30.3 Å². The molecular formula is C27H40N2O8. The highest BCUT2D eigenvalue weighted by Crippen LogP contribution is 2.31. The fourth-order valence-corrected chi connectivity index (χ4v) is 4.02. The molecular weight excluding hydrogens is 480 g/mol. The molecule has 10 nitrogen and oxygen atoms in total. The Labute approximate surface area is 218 Å². The minimum Gasteiger partial charge on any atom is -0.467 e. The predicted molar refractivity (Wildman–Crippen MR) is 136 cm³/mol. The second kappa shape index (κ2) is 12.8. The molecule has 0 aliphatic carbocycles. The Hall–Kier alpha value is -3.30. The van der Waals surface area contributed by atoms with Crippen molar-refractivity contribution in [2.45, 2.75) is 103 Å². The van der Waals surface area contributed by atoms with Crippen LogP contribution >= 0.6 is 0 Å². The number of hydrogen-bond donors (Lipinski definition) is 1. The molecule has 0 unspecified atom stereocenters. The highest BCUT2D eigenvalue weighted by atomic mass is 16.6. The van der Waals surface area contributed by atoms with Crippen LogP contribution in [-0.2, 0) is 35.1 Å². The summed E-state index contributed by atoms with van der Waals surface area (Å²) in [6.45, 7) is 10.6. The van der Waals surface area contributed by atoms with Gasteiger partial charge in [-0.25, -0.2) is 19.2 Å². The molecule has 1 aromatic rings. The summed E-state index contributed by atoms with van der Waals surface area (Å²) in [5, 5.41) is 2.55. The molecule has 0 saturated carbocycles. The number of rotatable bonds is 8. The molecule has 1 aliphatic heterocycles. The summed E-state index contributed by atoms with van der Waals surface area (Å²) < 4.78 is 21.2. The van der Waals surface area contributed by atoms with Crippen molar-refractivity contribution in [1.82, 2.24) is 10.2 Å². The number of likely N-dealkylation sites (tertiary alicyclic amines) is 1. The average Bonchev–Trinajstić information content (AvgIpc) is 3.23. The summed E-state index contributed by atoms with van der Waals surface area (Å²) in [6.07, 6.45) is -0.00362. The molecule has 2 rings (SSSR count). The molecule has 0 bridgehead atoms. The molecule has 1 saturated heterocycles. The second-order valence-electron chi connectivity index (χ2n) is 11.0. The number of ether oxygens (including phenoxy) is 4. The number of hydrogen-bond acceptors (Lipinski definition) is 8. The first-order chi connectivity index (χ1) is 17.2. The van der Waals surface area contributed by atoms with Crippen LogP contribution < -0.4 is 5.32 Å². The third kappa shape index (κ3) is 9.93. The molecule has 3 atom stereocenters. The fourth-order valence-electron chi connectivity index (χ4n) is 4.02. The average molecular weight is 521 g/mol. The largest absolute Gasteiger partial charge is 0.467 e. The van der Waals surface area contributed by atoms with Crippen LogP contribution in [0.4, 0.5) is 9.59 Å². The maximum Gasteiger partial charge on any atom is 0.411 e. The quantitative estimate of drug-likeness (QED) is 0.397. The molecule has 1 N–H and O–H groups in total. The smallest absolute Gasteiger partial charge is 0.411 e. The Balaban J connectivity index is 2.09. The maximum atomic E-state index is 13.1. The van der Waals surface area contributed by atoms with E-state index in [9.17, 15) is 19.2 Å². The Morgan fingerprint density at radius 3 is 2.16 bits per heavy atom. The highest BCUT2D eigenvalue weighted by molar-refractivity contribution is 5.83. The van der Waals surface area contributed by atoms with Gasteiger partial charge < -0.3 is 24.3 Å². The number of nitrogens with one attached hydrogen (secondary N) is 1. The van der Waals surface area contributed by atoms with Gasteiger partial charge in [0.15, 0.2) is 0 Å². The van der Waals surface area contributed by atoms with Gasteiger partial charge in [-0.15, -0.1) is 0 Å². The van der Waals surface area contributed by atoms with Gasteiger partial charge in [-0.05, 0) is 72.8 Å². The number of alkyl carbamates (subject to hydrolysis) is 1. The number of esters is 2. The molecule has 0 spiro atoms. The molecule has 0 aromatic heterocycles. The summed E-state index contributed by atoms with van der Waals surface area (Å²) in [7, 11) is 1.23. The van der Waals surface area contributed by atoms with E-state index in [2.05, 4.69) is 5.32 Å². The van der Waals surface area contributed by atoms with Crippen LogP contribution in [0.2, 0.25) is 0 Å². The molecule has 0 radical (unpaired) electrons. The van der Waals surface area contributed by atoms with Gasteiger partial charge in [0.05, 0.1) is 7.11 Å². The molecule has 10 heteroatoms. The number of methoxy groups -OCH3 is 1. The fraction of sp³-hybridized carbons (Fsp3) is 0.630. The lowest BCUT2D eigenvalue weighted by molar-refractivity contribution is -0.160. The standard InChI is InChI=1S/C27H40N2O8/c1-26(2,3)36-23(31)21-16-14-19(29(21)25(33)37-27(4,5)6)13-15-20(22(30)34-7)28-24(32)35-17-18-11-9-8-10-12-18/h8-12,19-21H,13-17H2,1-7H3,(H,28,32)/t19-,20-,21+/m1/s1. The Kier molecular flexibility index (Phi) is 10.3. The van der Waals surface area contributed by atoms with Gasteiger partial charge in [-0.2, -0.15) is 0 Å². The van der Waals surface area contributed by atoms with Gasteiger partial charge in [0.2, 0.25) is 0 Å². The third-order valence-electron chi connectivity index (χ3n) is 5.56. The van der Waals surface area contributed by atoms with E-state index >= 15 is 0 Å².